The van der Waals surface area contributed by atoms with Crippen LogP contribution in [-0.2, 0) is 10.1 Å². The first-order valence-electron chi connectivity index (χ1n) is 5.49. The van der Waals surface area contributed by atoms with Gasteiger partial charge >= 0.3 is 105 Å². The van der Waals surface area contributed by atoms with E-state index in [2.05, 4.69) is 60.7 Å². The first kappa shape index (κ1) is 17.9. The van der Waals surface area contributed by atoms with Crippen molar-refractivity contribution in [3.05, 3.63) is 67.8 Å². The van der Waals surface area contributed by atoms with Crippen molar-refractivity contribution in [3.8, 4) is 0 Å². The number of benzene rings is 2. The van der Waals surface area contributed by atoms with Gasteiger partial charge in [-0.05, 0) is 0 Å². The van der Waals surface area contributed by atoms with E-state index in [9.17, 15) is 13.2 Å². The van der Waals surface area contributed by atoms with Crippen LogP contribution in [0.5, 0.6) is 0 Å². The normalized spacial score (nSPS) is 11.6. The third kappa shape index (κ3) is 6.91. The van der Waals surface area contributed by atoms with Crippen LogP contribution in [0, 0.1) is 7.14 Å². The third-order valence-electron chi connectivity index (χ3n) is 1.98. The van der Waals surface area contributed by atoms with E-state index in [1.165, 1.54) is 7.14 Å². The molecule has 0 aliphatic carbocycles. The third-order valence-corrected chi connectivity index (χ3v) is 5.25. The zero-order chi connectivity index (χ0) is 15.9. The summed E-state index contributed by atoms with van der Waals surface area (Å²) in [7, 11) is -5.84. The van der Waals surface area contributed by atoms with Crippen LogP contribution in [-0.4, -0.2) is 18.5 Å². The van der Waals surface area contributed by atoms with Gasteiger partial charge in [0.05, 0.1) is 0 Å². The number of halogens is 4. The van der Waals surface area contributed by atoms with Crippen molar-refractivity contribution in [2.45, 2.75) is 5.51 Å². The first-order valence-corrected chi connectivity index (χ1v) is 9.08. The molecule has 0 atom stereocenters. The van der Waals surface area contributed by atoms with E-state index in [-0.39, 0.29) is 21.2 Å². The van der Waals surface area contributed by atoms with Crippen LogP contribution >= 0.6 is 0 Å². The molecule has 8 heteroatoms. The van der Waals surface area contributed by atoms with Crippen LogP contribution < -0.4 is 21.2 Å². The van der Waals surface area contributed by atoms with Crippen molar-refractivity contribution >= 4 is 10.1 Å². The Kier molecular flexibility index (Phi) is 6.62. The first-order chi connectivity index (χ1) is 9.70. The molecule has 2 aromatic carbocycles. The van der Waals surface area contributed by atoms with E-state index in [0.717, 1.165) is 0 Å². The molecule has 0 heterocycles. The van der Waals surface area contributed by atoms with Gasteiger partial charge in [0, 0.05) is 0 Å². The Morgan fingerprint density at radius 2 is 1.10 bits per heavy atom. The predicted molar refractivity (Wildman–Crippen MR) is 67.9 cm³/mol. The summed E-state index contributed by atoms with van der Waals surface area (Å²) < 4.78 is 60.5. The number of hydrogen-bond donors (Lipinski definition) is 1. The van der Waals surface area contributed by atoms with Crippen molar-refractivity contribution in [1.82, 2.24) is 0 Å². The topological polar surface area (TPSA) is 54.4 Å². The summed E-state index contributed by atoms with van der Waals surface area (Å²) in [4.78, 5) is 0. The van der Waals surface area contributed by atoms with Gasteiger partial charge in [0.1, 0.15) is 0 Å². The molecule has 0 aliphatic rings. The van der Waals surface area contributed by atoms with Gasteiger partial charge < -0.3 is 0 Å². The summed E-state index contributed by atoms with van der Waals surface area (Å²) in [5, 5.41) is 0. The van der Waals surface area contributed by atoms with E-state index >= 15 is 0 Å². The fourth-order valence-corrected chi connectivity index (χ4v) is 3.35. The van der Waals surface area contributed by atoms with Crippen molar-refractivity contribution < 1.29 is 47.3 Å². The number of rotatable bonds is 2. The van der Waals surface area contributed by atoms with Gasteiger partial charge in [-0.15, -0.1) is 0 Å². The molecular formula is C13H11F3IO3S-. The standard InChI is InChI=1S/C12H10I.CHF3O3S/c1-3-7-11(8-4-1)13-12-9-5-2-6-10-12;2-1(3,4)8(5,6)7/h1-10H;(H,5,6,7)/q-1;. The molecule has 0 unspecified atom stereocenters. The maximum absolute atomic E-state index is 10.7. The molecule has 116 valence electrons. The van der Waals surface area contributed by atoms with Crippen molar-refractivity contribution in [3.63, 3.8) is 0 Å². The Bertz CT molecular complexity index is 606. The predicted octanol–water partition coefficient (Wildman–Crippen LogP) is 0.209. The SMILES string of the molecule is O=S(=O)(O)C(F)(F)F.c1ccc([I-]c2ccccc2)cc1. The Morgan fingerprint density at radius 1 is 0.810 bits per heavy atom. The molecule has 0 bridgehead atoms. The van der Waals surface area contributed by atoms with Crippen molar-refractivity contribution in [1.29, 1.82) is 0 Å². The van der Waals surface area contributed by atoms with Crippen LogP contribution in [0.2, 0.25) is 0 Å². The van der Waals surface area contributed by atoms with Crippen LogP contribution in [0.4, 0.5) is 13.2 Å². The Morgan fingerprint density at radius 3 is 1.33 bits per heavy atom. The molecule has 0 radical (unpaired) electrons. The molecule has 1 N–H and O–H groups in total. The molecule has 21 heavy (non-hydrogen) atoms. The minimum absolute atomic E-state index is 0.0287. The van der Waals surface area contributed by atoms with E-state index in [0.29, 0.717) is 0 Å². The van der Waals surface area contributed by atoms with Gasteiger partial charge in [0.25, 0.3) is 0 Å². The van der Waals surface area contributed by atoms with Crippen molar-refractivity contribution in [2.75, 3.05) is 0 Å². The Hall–Kier alpha value is -1.13. The molecule has 0 aromatic heterocycles. The van der Waals surface area contributed by atoms with Crippen LogP contribution in [0.15, 0.2) is 60.7 Å². The quantitative estimate of drug-likeness (QED) is 0.421. The minimum atomic E-state index is -5.84. The molecule has 2 aromatic rings. The second-order valence-electron chi connectivity index (χ2n) is 3.61. The van der Waals surface area contributed by atoms with E-state index in [1.54, 1.807) is 0 Å². The van der Waals surface area contributed by atoms with E-state index in [1.807, 2.05) is 0 Å². The molecule has 0 fully saturated rings. The van der Waals surface area contributed by atoms with Gasteiger partial charge in [-0.2, -0.15) is 21.6 Å². The van der Waals surface area contributed by atoms with Gasteiger partial charge in [-0.25, -0.2) is 0 Å². The maximum atomic E-state index is 10.7. The van der Waals surface area contributed by atoms with E-state index in [4.69, 9.17) is 13.0 Å². The molecule has 0 aliphatic heterocycles. The van der Waals surface area contributed by atoms with Gasteiger partial charge in [0.2, 0.25) is 0 Å². The summed E-state index contributed by atoms with van der Waals surface area (Å²) in [5.41, 5.74) is -5.53. The summed E-state index contributed by atoms with van der Waals surface area (Å²) in [6.07, 6.45) is 0. The van der Waals surface area contributed by atoms with E-state index < -0.39 is 15.6 Å². The second-order valence-corrected chi connectivity index (χ2v) is 8.05. The fraction of sp³-hybridized carbons (Fsp3) is 0.0769. The molecule has 0 saturated carbocycles. The Labute approximate surface area is 130 Å². The number of hydrogen-bond acceptors (Lipinski definition) is 2. The van der Waals surface area contributed by atoms with Gasteiger partial charge in [-0.1, -0.05) is 0 Å². The molecule has 0 amide bonds. The fourth-order valence-electron chi connectivity index (χ4n) is 1.08. The molecule has 0 saturated heterocycles. The molecule has 2 rings (SSSR count). The molecule has 3 nitrogen and oxygen atoms in total. The summed E-state index contributed by atoms with van der Waals surface area (Å²) in [5.74, 6) is 0. The van der Waals surface area contributed by atoms with Crippen LogP contribution in [0.1, 0.15) is 0 Å². The van der Waals surface area contributed by atoms with Crippen molar-refractivity contribution in [2.24, 2.45) is 0 Å². The molecule has 0 spiro atoms. The summed E-state index contributed by atoms with van der Waals surface area (Å²) in [6, 6.07) is 21.4. The Balaban J connectivity index is 0.000000240. The second kappa shape index (κ2) is 7.76. The van der Waals surface area contributed by atoms with Crippen LogP contribution in [0.25, 0.3) is 0 Å². The zero-order valence-corrected chi connectivity index (χ0v) is 13.4. The van der Waals surface area contributed by atoms with Gasteiger partial charge in [0.15, 0.2) is 0 Å². The monoisotopic (exact) mass is 431 g/mol. The number of alkyl halides is 3. The zero-order valence-electron chi connectivity index (χ0n) is 10.5. The van der Waals surface area contributed by atoms with Crippen LogP contribution in [0.3, 0.4) is 0 Å². The average Bonchev–Trinajstić information content (AvgIpc) is 2.39. The van der Waals surface area contributed by atoms with Gasteiger partial charge in [-0.3, -0.25) is 4.55 Å². The summed E-state index contributed by atoms with van der Waals surface area (Å²) in [6.45, 7) is 0. The molecular weight excluding hydrogens is 420 g/mol. The summed E-state index contributed by atoms with van der Waals surface area (Å²) >= 11 is 0.0287. The average molecular weight is 431 g/mol.